The first-order chi connectivity index (χ1) is 14.1. The van der Waals surface area contributed by atoms with Crippen molar-refractivity contribution in [2.24, 2.45) is 0 Å². The van der Waals surface area contributed by atoms with Crippen molar-refractivity contribution in [2.45, 2.75) is 38.3 Å². The normalized spacial score (nSPS) is 13.6. The SMILES string of the molecule is COc1ccc(CNC(=O)c2ccccc2NC(=O)C(=O)NC2CCCC2)cc1. The lowest BCUT2D eigenvalue weighted by atomic mass is 10.1. The van der Waals surface area contributed by atoms with Crippen molar-refractivity contribution >= 4 is 23.4 Å². The summed E-state index contributed by atoms with van der Waals surface area (Å²) in [7, 11) is 1.59. The van der Waals surface area contributed by atoms with Crippen LogP contribution in [0, 0.1) is 0 Å². The molecule has 3 amide bonds. The van der Waals surface area contributed by atoms with Crippen LogP contribution in [0.2, 0.25) is 0 Å². The smallest absolute Gasteiger partial charge is 0.313 e. The molecule has 0 unspecified atom stereocenters. The fourth-order valence-electron chi connectivity index (χ4n) is 3.31. The third-order valence-electron chi connectivity index (χ3n) is 4.93. The summed E-state index contributed by atoms with van der Waals surface area (Å²) >= 11 is 0. The molecular formula is C22H25N3O4. The van der Waals surface area contributed by atoms with Gasteiger partial charge in [-0.25, -0.2) is 0 Å². The molecule has 7 nitrogen and oxygen atoms in total. The number of amides is 3. The Kier molecular flexibility index (Phi) is 6.84. The minimum Gasteiger partial charge on any atom is -0.497 e. The van der Waals surface area contributed by atoms with E-state index in [0.717, 1.165) is 37.0 Å². The van der Waals surface area contributed by atoms with Crippen molar-refractivity contribution in [1.29, 1.82) is 0 Å². The van der Waals surface area contributed by atoms with Crippen molar-refractivity contribution in [3.8, 4) is 5.75 Å². The van der Waals surface area contributed by atoms with Gasteiger partial charge in [-0.1, -0.05) is 37.1 Å². The van der Waals surface area contributed by atoms with Crippen molar-refractivity contribution in [3.05, 3.63) is 59.7 Å². The molecule has 0 heterocycles. The molecule has 1 aliphatic rings. The summed E-state index contributed by atoms with van der Waals surface area (Å²) < 4.78 is 5.12. The van der Waals surface area contributed by atoms with Crippen LogP contribution in [0.1, 0.15) is 41.6 Å². The summed E-state index contributed by atoms with van der Waals surface area (Å²) in [6.45, 7) is 0.327. The Bertz CT molecular complexity index is 874. The van der Waals surface area contributed by atoms with Crippen LogP contribution in [-0.4, -0.2) is 30.9 Å². The van der Waals surface area contributed by atoms with Crippen LogP contribution in [0.4, 0.5) is 5.69 Å². The maximum absolute atomic E-state index is 12.6. The summed E-state index contributed by atoms with van der Waals surface area (Å²) in [6, 6.07) is 14.0. The molecule has 0 aliphatic heterocycles. The average Bonchev–Trinajstić information content (AvgIpc) is 3.25. The number of nitrogens with one attached hydrogen (secondary N) is 3. The van der Waals surface area contributed by atoms with Gasteiger partial charge in [-0.15, -0.1) is 0 Å². The molecule has 0 saturated heterocycles. The number of methoxy groups -OCH3 is 1. The highest BCUT2D eigenvalue weighted by Gasteiger charge is 2.22. The van der Waals surface area contributed by atoms with Gasteiger partial charge in [0.2, 0.25) is 0 Å². The minimum atomic E-state index is -0.771. The average molecular weight is 395 g/mol. The lowest BCUT2D eigenvalue weighted by Crippen LogP contribution is -2.40. The summed E-state index contributed by atoms with van der Waals surface area (Å²) in [5.74, 6) is -1.05. The Morgan fingerprint density at radius 3 is 2.34 bits per heavy atom. The van der Waals surface area contributed by atoms with Gasteiger partial charge in [0.05, 0.1) is 18.4 Å². The van der Waals surface area contributed by atoms with E-state index in [0.29, 0.717) is 17.8 Å². The number of hydrogen-bond acceptors (Lipinski definition) is 4. The van der Waals surface area contributed by atoms with Gasteiger partial charge < -0.3 is 20.7 Å². The van der Waals surface area contributed by atoms with Crippen molar-refractivity contribution < 1.29 is 19.1 Å². The summed E-state index contributed by atoms with van der Waals surface area (Å²) in [5.41, 5.74) is 1.51. The molecule has 2 aromatic carbocycles. The number of carbonyl (C=O) groups excluding carboxylic acids is 3. The highest BCUT2D eigenvalue weighted by atomic mass is 16.5. The molecule has 0 atom stereocenters. The van der Waals surface area contributed by atoms with Gasteiger partial charge in [0.15, 0.2) is 0 Å². The maximum Gasteiger partial charge on any atom is 0.313 e. The first-order valence-electron chi connectivity index (χ1n) is 9.69. The number of hydrogen-bond donors (Lipinski definition) is 3. The molecule has 7 heteroatoms. The van der Waals surface area contributed by atoms with Gasteiger partial charge in [-0.05, 0) is 42.7 Å². The van der Waals surface area contributed by atoms with E-state index in [1.54, 1.807) is 31.4 Å². The summed E-state index contributed by atoms with van der Waals surface area (Å²) in [5, 5.41) is 8.11. The fraction of sp³-hybridized carbons (Fsp3) is 0.318. The number of benzene rings is 2. The van der Waals surface area contributed by atoms with Gasteiger partial charge in [0, 0.05) is 12.6 Å². The van der Waals surface area contributed by atoms with Crippen LogP contribution >= 0.6 is 0 Å². The lowest BCUT2D eigenvalue weighted by molar-refractivity contribution is -0.136. The van der Waals surface area contributed by atoms with E-state index in [4.69, 9.17) is 4.74 Å². The highest BCUT2D eigenvalue weighted by Crippen LogP contribution is 2.18. The fourth-order valence-corrected chi connectivity index (χ4v) is 3.31. The van der Waals surface area contributed by atoms with Crippen LogP contribution in [-0.2, 0) is 16.1 Å². The largest absolute Gasteiger partial charge is 0.497 e. The molecule has 2 aromatic rings. The second kappa shape index (κ2) is 9.73. The standard InChI is InChI=1S/C22H25N3O4/c1-29-17-12-10-15(11-13-17)14-23-20(26)18-8-4-5-9-19(18)25-22(28)21(27)24-16-6-2-3-7-16/h4-5,8-13,16H,2-3,6-7,14H2,1H3,(H,23,26)(H,24,27)(H,25,28). The van der Waals surface area contributed by atoms with Crippen molar-refractivity contribution in [1.82, 2.24) is 10.6 Å². The Morgan fingerprint density at radius 1 is 0.966 bits per heavy atom. The van der Waals surface area contributed by atoms with E-state index in [9.17, 15) is 14.4 Å². The maximum atomic E-state index is 12.6. The number of anilines is 1. The molecule has 29 heavy (non-hydrogen) atoms. The number of para-hydroxylation sites is 1. The van der Waals surface area contributed by atoms with E-state index in [1.165, 1.54) is 0 Å². The first-order valence-corrected chi connectivity index (χ1v) is 9.69. The van der Waals surface area contributed by atoms with Gasteiger partial charge >= 0.3 is 11.8 Å². The van der Waals surface area contributed by atoms with Crippen LogP contribution in [0.15, 0.2) is 48.5 Å². The molecule has 3 rings (SSSR count). The van der Waals surface area contributed by atoms with E-state index in [1.807, 2.05) is 24.3 Å². The zero-order chi connectivity index (χ0) is 20.6. The highest BCUT2D eigenvalue weighted by molar-refractivity contribution is 6.40. The molecule has 3 N–H and O–H groups in total. The Labute approximate surface area is 169 Å². The van der Waals surface area contributed by atoms with Crippen LogP contribution < -0.4 is 20.7 Å². The van der Waals surface area contributed by atoms with E-state index >= 15 is 0 Å². The molecule has 1 fully saturated rings. The Balaban J connectivity index is 1.60. The zero-order valence-corrected chi connectivity index (χ0v) is 16.4. The van der Waals surface area contributed by atoms with Crippen LogP contribution in [0.5, 0.6) is 5.75 Å². The van der Waals surface area contributed by atoms with E-state index in [2.05, 4.69) is 16.0 Å². The monoisotopic (exact) mass is 395 g/mol. The lowest BCUT2D eigenvalue weighted by Gasteiger charge is -2.14. The predicted octanol–water partition coefficient (Wildman–Crippen LogP) is 2.62. The molecule has 0 spiro atoms. The van der Waals surface area contributed by atoms with Crippen molar-refractivity contribution in [2.75, 3.05) is 12.4 Å². The van der Waals surface area contributed by atoms with Crippen molar-refractivity contribution in [3.63, 3.8) is 0 Å². The third-order valence-corrected chi connectivity index (χ3v) is 4.93. The summed E-state index contributed by atoms with van der Waals surface area (Å²) in [4.78, 5) is 37.0. The molecule has 152 valence electrons. The van der Waals surface area contributed by atoms with Gasteiger partial charge in [0.1, 0.15) is 5.75 Å². The number of rotatable bonds is 6. The topological polar surface area (TPSA) is 96.5 Å². The van der Waals surface area contributed by atoms with E-state index in [-0.39, 0.29) is 11.9 Å². The van der Waals surface area contributed by atoms with E-state index < -0.39 is 11.8 Å². The minimum absolute atomic E-state index is 0.0521. The van der Waals surface area contributed by atoms with Crippen LogP contribution in [0.3, 0.4) is 0 Å². The van der Waals surface area contributed by atoms with Gasteiger partial charge in [0.25, 0.3) is 5.91 Å². The Hall–Kier alpha value is -3.35. The zero-order valence-electron chi connectivity index (χ0n) is 16.4. The van der Waals surface area contributed by atoms with Gasteiger partial charge in [-0.2, -0.15) is 0 Å². The molecule has 1 saturated carbocycles. The number of ether oxygens (including phenoxy) is 1. The number of carbonyl (C=O) groups is 3. The molecular weight excluding hydrogens is 370 g/mol. The quantitative estimate of drug-likeness (QED) is 0.655. The summed E-state index contributed by atoms with van der Waals surface area (Å²) in [6.07, 6.45) is 3.90. The molecule has 0 radical (unpaired) electrons. The first kappa shape index (κ1) is 20.4. The second-order valence-corrected chi connectivity index (χ2v) is 6.99. The van der Waals surface area contributed by atoms with Gasteiger partial charge in [-0.3, -0.25) is 14.4 Å². The third kappa shape index (κ3) is 5.57. The van der Waals surface area contributed by atoms with Crippen LogP contribution in [0.25, 0.3) is 0 Å². The Morgan fingerprint density at radius 2 is 1.66 bits per heavy atom. The molecule has 0 aromatic heterocycles. The molecule has 1 aliphatic carbocycles. The molecule has 0 bridgehead atoms. The second-order valence-electron chi connectivity index (χ2n) is 6.99. The predicted molar refractivity (Wildman–Crippen MR) is 110 cm³/mol.